The van der Waals surface area contributed by atoms with Crippen LogP contribution in [0.1, 0.15) is 50.0 Å². The second-order valence-corrected chi connectivity index (χ2v) is 5.22. The molecular formula is C14H23N3. The van der Waals surface area contributed by atoms with Crippen LogP contribution in [0.25, 0.3) is 0 Å². The normalized spacial score (nSPS) is 15.1. The van der Waals surface area contributed by atoms with Gasteiger partial charge in [-0.15, -0.1) is 0 Å². The molecule has 2 rings (SSSR count). The first-order valence-electron chi connectivity index (χ1n) is 6.79. The van der Waals surface area contributed by atoms with E-state index in [-0.39, 0.29) is 0 Å². The number of nitrogens with one attached hydrogen (secondary N) is 1. The van der Waals surface area contributed by atoms with Crippen LogP contribution in [0.3, 0.4) is 0 Å². The molecular weight excluding hydrogens is 210 g/mol. The van der Waals surface area contributed by atoms with Crippen molar-refractivity contribution in [3.63, 3.8) is 0 Å². The highest BCUT2D eigenvalue weighted by molar-refractivity contribution is 5.28. The summed E-state index contributed by atoms with van der Waals surface area (Å²) >= 11 is 0. The third-order valence-electron chi connectivity index (χ3n) is 3.35. The SMILES string of the molecule is CCc1nc(CCC(C)C)nc2c1CNCC2. The van der Waals surface area contributed by atoms with E-state index in [1.165, 1.54) is 23.4 Å². The van der Waals surface area contributed by atoms with Crippen LogP contribution >= 0.6 is 0 Å². The predicted octanol–water partition coefficient (Wildman–Crippen LogP) is 2.27. The summed E-state index contributed by atoms with van der Waals surface area (Å²) in [5.41, 5.74) is 3.89. The fraction of sp³-hybridized carbons (Fsp3) is 0.714. The van der Waals surface area contributed by atoms with Crippen LogP contribution in [0, 0.1) is 5.92 Å². The molecule has 3 heteroatoms. The molecule has 17 heavy (non-hydrogen) atoms. The number of nitrogens with zero attached hydrogens (tertiary/aromatic N) is 2. The maximum Gasteiger partial charge on any atom is 0.128 e. The lowest BCUT2D eigenvalue weighted by molar-refractivity contribution is 0.562. The molecule has 0 atom stereocenters. The predicted molar refractivity (Wildman–Crippen MR) is 70.0 cm³/mol. The van der Waals surface area contributed by atoms with Gasteiger partial charge >= 0.3 is 0 Å². The quantitative estimate of drug-likeness (QED) is 0.867. The van der Waals surface area contributed by atoms with Crippen molar-refractivity contribution in [2.24, 2.45) is 5.92 Å². The molecule has 0 unspecified atom stereocenters. The van der Waals surface area contributed by atoms with E-state index in [9.17, 15) is 0 Å². The molecule has 0 bridgehead atoms. The topological polar surface area (TPSA) is 37.8 Å². The molecule has 0 saturated carbocycles. The Bertz CT molecular complexity index is 368. The summed E-state index contributed by atoms with van der Waals surface area (Å²) in [5, 5.41) is 3.41. The van der Waals surface area contributed by atoms with E-state index >= 15 is 0 Å². The summed E-state index contributed by atoms with van der Waals surface area (Å²) in [5.74, 6) is 1.78. The van der Waals surface area contributed by atoms with Gasteiger partial charge in [-0.1, -0.05) is 20.8 Å². The molecule has 1 N–H and O–H groups in total. The molecule has 0 aliphatic carbocycles. The number of hydrogen-bond acceptors (Lipinski definition) is 3. The van der Waals surface area contributed by atoms with Gasteiger partial charge in [-0.2, -0.15) is 0 Å². The number of hydrogen-bond donors (Lipinski definition) is 1. The summed E-state index contributed by atoms with van der Waals surface area (Å²) in [6.07, 6.45) is 4.27. The van der Waals surface area contributed by atoms with E-state index in [0.29, 0.717) is 0 Å². The number of aromatic nitrogens is 2. The van der Waals surface area contributed by atoms with Gasteiger partial charge in [-0.3, -0.25) is 0 Å². The average Bonchev–Trinajstić information content (AvgIpc) is 2.35. The van der Waals surface area contributed by atoms with Gasteiger partial charge in [-0.25, -0.2) is 9.97 Å². The van der Waals surface area contributed by atoms with Crippen molar-refractivity contribution in [2.75, 3.05) is 6.54 Å². The highest BCUT2D eigenvalue weighted by Gasteiger charge is 2.16. The van der Waals surface area contributed by atoms with Crippen molar-refractivity contribution in [1.82, 2.24) is 15.3 Å². The fourth-order valence-electron chi connectivity index (χ4n) is 2.29. The fourth-order valence-corrected chi connectivity index (χ4v) is 2.29. The largest absolute Gasteiger partial charge is 0.312 e. The Morgan fingerprint density at radius 3 is 2.82 bits per heavy atom. The molecule has 0 saturated heterocycles. The number of rotatable bonds is 4. The first kappa shape index (κ1) is 12.5. The van der Waals surface area contributed by atoms with Gasteiger partial charge in [0.25, 0.3) is 0 Å². The Morgan fingerprint density at radius 1 is 1.29 bits per heavy atom. The average molecular weight is 233 g/mol. The minimum atomic E-state index is 0.723. The zero-order valence-corrected chi connectivity index (χ0v) is 11.2. The highest BCUT2D eigenvalue weighted by atomic mass is 14.9. The molecule has 1 aromatic heterocycles. The Kier molecular flexibility index (Phi) is 4.11. The zero-order valence-electron chi connectivity index (χ0n) is 11.2. The first-order valence-corrected chi connectivity index (χ1v) is 6.79. The molecule has 1 aliphatic heterocycles. The second kappa shape index (κ2) is 5.58. The first-order chi connectivity index (χ1) is 8.20. The molecule has 0 fully saturated rings. The lowest BCUT2D eigenvalue weighted by Gasteiger charge is -2.19. The third kappa shape index (κ3) is 3.03. The lowest BCUT2D eigenvalue weighted by Crippen LogP contribution is -2.27. The van der Waals surface area contributed by atoms with Gasteiger partial charge in [0.1, 0.15) is 5.82 Å². The summed E-state index contributed by atoms with van der Waals surface area (Å²) in [6, 6.07) is 0. The van der Waals surface area contributed by atoms with E-state index in [0.717, 1.165) is 44.1 Å². The van der Waals surface area contributed by atoms with Gasteiger partial charge in [0.05, 0.1) is 5.69 Å². The third-order valence-corrected chi connectivity index (χ3v) is 3.35. The summed E-state index contributed by atoms with van der Waals surface area (Å²) < 4.78 is 0. The van der Waals surface area contributed by atoms with Gasteiger partial charge in [0.15, 0.2) is 0 Å². The van der Waals surface area contributed by atoms with Crippen LogP contribution in [0.15, 0.2) is 0 Å². The van der Waals surface area contributed by atoms with Gasteiger partial charge in [-0.05, 0) is 18.8 Å². The van der Waals surface area contributed by atoms with Crippen molar-refractivity contribution < 1.29 is 0 Å². The summed E-state index contributed by atoms with van der Waals surface area (Å²) in [7, 11) is 0. The second-order valence-electron chi connectivity index (χ2n) is 5.22. The molecule has 0 radical (unpaired) electrons. The van der Waals surface area contributed by atoms with Crippen molar-refractivity contribution in [2.45, 2.75) is 53.0 Å². The van der Waals surface area contributed by atoms with E-state index in [2.05, 4.69) is 26.1 Å². The molecule has 94 valence electrons. The maximum atomic E-state index is 4.74. The standard InChI is InChI=1S/C14H23N3/c1-4-12-11-9-15-8-7-13(11)17-14(16-12)6-5-10(2)3/h10,15H,4-9H2,1-3H3. The summed E-state index contributed by atoms with van der Waals surface area (Å²) in [4.78, 5) is 9.47. The smallest absolute Gasteiger partial charge is 0.128 e. The Hall–Kier alpha value is -0.960. The molecule has 0 spiro atoms. The molecule has 0 aromatic carbocycles. The number of aryl methyl sites for hydroxylation is 2. The Balaban J connectivity index is 2.23. The van der Waals surface area contributed by atoms with E-state index in [4.69, 9.17) is 9.97 Å². The van der Waals surface area contributed by atoms with E-state index in [1.807, 2.05) is 0 Å². The van der Waals surface area contributed by atoms with Gasteiger partial charge in [0.2, 0.25) is 0 Å². The van der Waals surface area contributed by atoms with E-state index < -0.39 is 0 Å². The molecule has 1 aromatic rings. The minimum absolute atomic E-state index is 0.723. The molecule has 2 heterocycles. The molecule has 0 amide bonds. The van der Waals surface area contributed by atoms with Crippen LogP contribution in [0.2, 0.25) is 0 Å². The van der Waals surface area contributed by atoms with Crippen molar-refractivity contribution in [1.29, 1.82) is 0 Å². The monoisotopic (exact) mass is 233 g/mol. The van der Waals surface area contributed by atoms with Crippen molar-refractivity contribution >= 4 is 0 Å². The Labute approximate surface area is 104 Å². The zero-order chi connectivity index (χ0) is 12.3. The van der Waals surface area contributed by atoms with Gasteiger partial charge < -0.3 is 5.32 Å². The molecule has 1 aliphatic rings. The van der Waals surface area contributed by atoms with E-state index in [1.54, 1.807) is 0 Å². The van der Waals surface area contributed by atoms with Gasteiger partial charge in [0, 0.05) is 37.2 Å². The lowest BCUT2D eigenvalue weighted by atomic mass is 10.0. The van der Waals surface area contributed by atoms with Crippen molar-refractivity contribution in [3.8, 4) is 0 Å². The summed E-state index contributed by atoms with van der Waals surface area (Å²) in [6.45, 7) is 8.69. The Morgan fingerprint density at radius 2 is 2.12 bits per heavy atom. The molecule has 3 nitrogen and oxygen atoms in total. The van der Waals surface area contributed by atoms with Crippen LogP contribution < -0.4 is 5.32 Å². The van der Waals surface area contributed by atoms with Crippen LogP contribution in [-0.2, 0) is 25.8 Å². The number of fused-ring (bicyclic) bond motifs is 1. The minimum Gasteiger partial charge on any atom is -0.312 e. The maximum absolute atomic E-state index is 4.74. The van der Waals surface area contributed by atoms with Crippen molar-refractivity contribution in [3.05, 3.63) is 22.8 Å². The van der Waals surface area contributed by atoms with Crippen LogP contribution in [0.4, 0.5) is 0 Å². The highest BCUT2D eigenvalue weighted by Crippen LogP contribution is 2.17. The van der Waals surface area contributed by atoms with Crippen LogP contribution in [0.5, 0.6) is 0 Å². The van der Waals surface area contributed by atoms with Crippen LogP contribution in [-0.4, -0.2) is 16.5 Å².